The van der Waals surface area contributed by atoms with Gasteiger partial charge in [0.15, 0.2) is 0 Å². The molecule has 170 valence electrons. The van der Waals surface area contributed by atoms with Crippen LogP contribution in [0.1, 0.15) is 54.6 Å². The molecule has 7 nitrogen and oxygen atoms in total. The van der Waals surface area contributed by atoms with E-state index in [9.17, 15) is 9.59 Å². The van der Waals surface area contributed by atoms with E-state index in [1.165, 1.54) is 12.5 Å². The van der Waals surface area contributed by atoms with Gasteiger partial charge in [-0.15, -0.1) is 0 Å². The van der Waals surface area contributed by atoms with Gasteiger partial charge in [-0.1, -0.05) is 26.0 Å². The minimum absolute atomic E-state index is 0.165. The molecular weight excluding hydrogens is 414 g/mol. The first-order chi connectivity index (χ1) is 15.9. The first-order valence-corrected chi connectivity index (χ1v) is 10.9. The molecule has 1 heterocycles. The first-order valence-electron chi connectivity index (χ1n) is 10.9. The average molecular weight is 444 g/mol. The third kappa shape index (κ3) is 7.28. The van der Waals surface area contributed by atoms with E-state index in [4.69, 9.17) is 0 Å². The summed E-state index contributed by atoms with van der Waals surface area (Å²) in [6, 6.07) is 18.6. The highest BCUT2D eigenvalue weighted by molar-refractivity contribution is 6.10. The fourth-order valence-electron chi connectivity index (χ4n) is 3.12. The average Bonchev–Trinajstić information content (AvgIpc) is 2.83. The van der Waals surface area contributed by atoms with Crippen LogP contribution in [0.3, 0.4) is 0 Å². The number of nitrogens with one attached hydrogen (secondary N) is 3. The lowest BCUT2D eigenvalue weighted by Gasteiger charge is -2.14. The molecular formula is C26H29N5O2. The molecule has 0 saturated carbocycles. The number of amides is 2. The van der Waals surface area contributed by atoms with E-state index in [0.717, 1.165) is 17.7 Å². The van der Waals surface area contributed by atoms with Crippen LogP contribution in [-0.2, 0) is 11.3 Å². The summed E-state index contributed by atoms with van der Waals surface area (Å²) in [5.41, 5.74) is 4.16. The van der Waals surface area contributed by atoms with Crippen molar-refractivity contribution < 1.29 is 9.59 Å². The van der Waals surface area contributed by atoms with E-state index in [2.05, 4.69) is 51.9 Å². The number of pyridine rings is 1. The van der Waals surface area contributed by atoms with E-state index < -0.39 is 0 Å². The molecule has 3 N–H and O–H groups in total. The second kappa shape index (κ2) is 11.6. The summed E-state index contributed by atoms with van der Waals surface area (Å²) in [5.74, 6) is 0.362. The smallest absolute Gasteiger partial charge is 0.257 e. The van der Waals surface area contributed by atoms with Crippen LogP contribution < -0.4 is 16.0 Å². The lowest BCUT2D eigenvalue weighted by atomic mass is 9.99. The number of aromatic nitrogens is 1. The van der Waals surface area contributed by atoms with Gasteiger partial charge in [0.2, 0.25) is 11.9 Å². The lowest BCUT2D eigenvalue weighted by molar-refractivity contribution is -0.114. The maximum Gasteiger partial charge on any atom is 0.257 e. The number of rotatable bonds is 7. The normalized spacial score (nSPS) is 12.0. The number of benzene rings is 2. The van der Waals surface area contributed by atoms with Crippen molar-refractivity contribution >= 4 is 29.1 Å². The van der Waals surface area contributed by atoms with Gasteiger partial charge in [0.1, 0.15) is 0 Å². The van der Waals surface area contributed by atoms with Gasteiger partial charge in [0.05, 0.1) is 6.54 Å². The molecule has 1 aromatic heterocycles. The molecule has 0 aliphatic heterocycles. The van der Waals surface area contributed by atoms with Gasteiger partial charge in [-0.2, -0.15) is 0 Å². The van der Waals surface area contributed by atoms with Gasteiger partial charge in [0, 0.05) is 36.3 Å². The van der Waals surface area contributed by atoms with Crippen molar-refractivity contribution in [2.24, 2.45) is 4.99 Å². The second-order valence-electron chi connectivity index (χ2n) is 7.79. The molecule has 0 saturated heterocycles. The van der Waals surface area contributed by atoms with Crippen LogP contribution in [0.2, 0.25) is 0 Å². The molecule has 7 heteroatoms. The van der Waals surface area contributed by atoms with Gasteiger partial charge in [-0.25, -0.2) is 4.99 Å². The molecule has 1 unspecified atom stereocenters. The molecule has 2 amide bonds. The Balaban J connectivity index is 1.76. The fourth-order valence-corrected chi connectivity index (χ4v) is 3.12. The summed E-state index contributed by atoms with van der Waals surface area (Å²) in [7, 11) is 0. The van der Waals surface area contributed by atoms with Crippen molar-refractivity contribution in [3.8, 4) is 0 Å². The zero-order valence-corrected chi connectivity index (χ0v) is 19.1. The van der Waals surface area contributed by atoms with Crippen LogP contribution in [0.5, 0.6) is 0 Å². The monoisotopic (exact) mass is 443 g/mol. The number of anilines is 2. The highest BCUT2D eigenvalue weighted by atomic mass is 16.2. The maximum atomic E-state index is 12.8. The van der Waals surface area contributed by atoms with E-state index in [0.29, 0.717) is 29.7 Å². The number of carbonyl (C=O) groups is 2. The van der Waals surface area contributed by atoms with Gasteiger partial charge in [-0.3, -0.25) is 19.9 Å². The standard InChI is InChI=1S/C26H29N5O2/c1-4-18(2)21-5-9-24(10-6-21)30-26(28-17-20-13-15-27-16-14-20)31-25(33)22-7-11-23(12-8-22)29-19(3)32/h5-16,18H,4,17H2,1-3H3,(H,29,32)(H2,28,30,31,33). The van der Waals surface area contributed by atoms with Crippen LogP contribution in [0.4, 0.5) is 11.4 Å². The van der Waals surface area contributed by atoms with Gasteiger partial charge >= 0.3 is 0 Å². The van der Waals surface area contributed by atoms with Crippen LogP contribution in [-0.4, -0.2) is 22.8 Å². The van der Waals surface area contributed by atoms with Crippen molar-refractivity contribution in [2.75, 3.05) is 10.6 Å². The minimum atomic E-state index is -0.304. The van der Waals surface area contributed by atoms with Crippen molar-refractivity contribution in [1.82, 2.24) is 10.3 Å². The molecule has 0 aliphatic rings. The predicted molar refractivity (Wildman–Crippen MR) is 132 cm³/mol. The van der Waals surface area contributed by atoms with E-state index >= 15 is 0 Å². The third-order valence-electron chi connectivity index (χ3n) is 5.22. The molecule has 0 bridgehead atoms. The van der Waals surface area contributed by atoms with E-state index in [1.54, 1.807) is 36.7 Å². The summed E-state index contributed by atoms with van der Waals surface area (Å²) in [6.45, 7) is 6.19. The number of carbonyl (C=O) groups excluding carboxylic acids is 2. The highest BCUT2D eigenvalue weighted by Crippen LogP contribution is 2.20. The molecule has 1 atom stereocenters. The minimum Gasteiger partial charge on any atom is -0.326 e. The third-order valence-corrected chi connectivity index (χ3v) is 5.22. The molecule has 0 spiro atoms. The van der Waals surface area contributed by atoms with Gasteiger partial charge in [-0.05, 0) is 72.0 Å². The number of hydrogen-bond acceptors (Lipinski definition) is 4. The summed E-state index contributed by atoms with van der Waals surface area (Å²) >= 11 is 0. The van der Waals surface area contributed by atoms with Crippen molar-refractivity contribution in [1.29, 1.82) is 0 Å². The topological polar surface area (TPSA) is 95.5 Å². The zero-order chi connectivity index (χ0) is 23.6. The largest absolute Gasteiger partial charge is 0.326 e. The maximum absolute atomic E-state index is 12.8. The summed E-state index contributed by atoms with van der Waals surface area (Å²) < 4.78 is 0. The Morgan fingerprint density at radius 3 is 2.12 bits per heavy atom. The fraction of sp³-hybridized carbons (Fsp3) is 0.231. The Bertz CT molecular complexity index is 1090. The van der Waals surface area contributed by atoms with E-state index in [-0.39, 0.29) is 11.8 Å². The van der Waals surface area contributed by atoms with Crippen molar-refractivity contribution in [3.63, 3.8) is 0 Å². The zero-order valence-electron chi connectivity index (χ0n) is 19.1. The summed E-state index contributed by atoms with van der Waals surface area (Å²) in [4.78, 5) is 32.6. The van der Waals surface area contributed by atoms with E-state index in [1.807, 2.05) is 24.3 Å². The number of nitrogens with zero attached hydrogens (tertiary/aromatic N) is 2. The Morgan fingerprint density at radius 2 is 1.52 bits per heavy atom. The molecule has 3 aromatic rings. The molecule has 0 radical (unpaired) electrons. The molecule has 0 aliphatic carbocycles. The molecule has 0 fully saturated rings. The van der Waals surface area contributed by atoms with Crippen molar-refractivity contribution in [3.05, 3.63) is 89.7 Å². The van der Waals surface area contributed by atoms with Crippen LogP contribution in [0, 0.1) is 0 Å². The number of aliphatic imine (C=N–C) groups is 1. The van der Waals surface area contributed by atoms with Crippen LogP contribution in [0.15, 0.2) is 78.0 Å². The lowest BCUT2D eigenvalue weighted by Crippen LogP contribution is -2.36. The summed E-state index contributed by atoms with van der Waals surface area (Å²) in [6.07, 6.45) is 4.49. The van der Waals surface area contributed by atoms with Gasteiger partial charge < -0.3 is 10.6 Å². The highest BCUT2D eigenvalue weighted by Gasteiger charge is 2.11. The number of hydrogen-bond donors (Lipinski definition) is 3. The predicted octanol–water partition coefficient (Wildman–Crippen LogP) is 4.95. The Morgan fingerprint density at radius 1 is 0.909 bits per heavy atom. The summed E-state index contributed by atoms with van der Waals surface area (Å²) in [5, 5.41) is 8.76. The number of guanidine groups is 1. The Hall–Kier alpha value is -4.00. The quantitative estimate of drug-likeness (QED) is 0.356. The SMILES string of the molecule is CCC(C)c1ccc(NC(=NCc2ccncc2)NC(=O)c2ccc(NC(C)=O)cc2)cc1. The second-order valence-corrected chi connectivity index (χ2v) is 7.79. The van der Waals surface area contributed by atoms with Crippen molar-refractivity contribution in [2.45, 2.75) is 39.7 Å². The van der Waals surface area contributed by atoms with Crippen LogP contribution in [0.25, 0.3) is 0 Å². The molecule has 3 rings (SSSR count). The van der Waals surface area contributed by atoms with Gasteiger partial charge in [0.25, 0.3) is 5.91 Å². The molecule has 2 aromatic carbocycles. The Labute approximate surface area is 194 Å². The Kier molecular flexibility index (Phi) is 8.30. The first kappa shape index (κ1) is 23.7. The molecule has 33 heavy (non-hydrogen) atoms. The van der Waals surface area contributed by atoms with Crippen LogP contribution >= 0.6 is 0 Å².